The van der Waals surface area contributed by atoms with E-state index in [0.717, 1.165) is 18.1 Å². The fourth-order valence-corrected chi connectivity index (χ4v) is 2.86. The Morgan fingerprint density at radius 3 is 2.14 bits per heavy atom. The molecular weight excluding hydrogens is 483 g/mol. The van der Waals surface area contributed by atoms with Crippen molar-refractivity contribution >= 4 is 47.6 Å². The second-order valence-corrected chi connectivity index (χ2v) is 7.17. The molecule has 0 unspecified atom stereocenters. The first-order valence-corrected chi connectivity index (χ1v) is 10.2. The van der Waals surface area contributed by atoms with Crippen molar-refractivity contribution in [3.05, 3.63) is 65.2 Å². The van der Waals surface area contributed by atoms with Crippen LogP contribution in [-0.4, -0.2) is 43.7 Å². The van der Waals surface area contributed by atoms with Gasteiger partial charge in [-0.25, -0.2) is 4.99 Å². The normalized spacial score (nSPS) is 10.8. The molecule has 2 rings (SSSR count). The number of nitrogens with one attached hydrogen (secondary N) is 2. The number of halogens is 1. The van der Waals surface area contributed by atoms with E-state index >= 15 is 0 Å². The molecule has 0 fully saturated rings. The number of carbonyl (C=O) groups is 1. The van der Waals surface area contributed by atoms with E-state index in [4.69, 9.17) is 0 Å². The van der Waals surface area contributed by atoms with E-state index in [-0.39, 0.29) is 29.9 Å². The van der Waals surface area contributed by atoms with Crippen LogP contribution in [0.3, 0.4) is 0 Å². The highest BCUT2D eigenvalue weighted by atomic mass is 127. The summed E-state index contributed by atoms with van der Waals surface area (Å²) < 4.78 is 0. The topological polar surface area (TPSA) is 56.7 Å². The van der Waals surface area contributed by atoms with E-state index in [1.54, 1.807) is 30.8 Å². The summed E-state index contributed by atoms with van der Waals surface area (Å²) in [7, 11) is 3.51. The van der Waals surface area contributed by atoms with Gasteiger partial charge in [-0.1, -0.05) is 24.3 Å². The molecule has 2 aromatic rings. The molecule has 0 bridgehead atoms. The van der Waals surface area contributed by atoms with Crippen molar-refractivity contribution in [2.24, 2.45) is 4.99 Å². The van der Waals surface area contributed by atoms with Crippen LogP contribution in [0, 0.1) is 0 Å². The van der Waals surface area contributed by atoms with Gasteiger partial charge in [0.25, 0.3) is 5.91 Å². The molecule has 152 valence electrons. The largest absolute Gasteiger partial charge is 0.357 e. The summed E-state index contributed by atoms with van der Waals surface area (Å²) in [5.41, 5.74) is 2.97. The molecular formula is C21H29IN4OS. The quantitative estimate of drug-likeness (QED) is 0.255. The molecule has 1 amide bonds. The average molecular weight is 512 g/mol. The van der Waals surface area contributed by atoms with Crippen molar-refractivity contribution in [1.82, 2.24) is 15.5 Å². The van der Waals surface area contributed by atoms with Gasteiger partial charge in [0, 0.05) is 37.6 Å². The van der Waals surface area contributed by atoms with Gasteiger partial charge < -0.3 is 15.5 Å². The number of benzene rings is 2. The van der Waals surface area contributed by atoms with Crippen molar-refractivity contribution in [2.75, 3.05) is 26.9 Å². The van der Waals surface area contributed by atoms with Crippen LogP contribution in [-0.2, 0) is 13.1 Å². The number of rotatable bonds is 7. The maximum Gasteiger partial charge on any atom is 0.253 e. The standard InChI is InChI=1S/C21H28N4OS.HI/c1-5-22-21(24-15-17-8-12-19(27-4)13-9-17)23-14-16-6-10-18(11-7-16)20(26)25(2)3;/h6-13H,5,14-15H2,1-4H3,(H2,22,23,24);1H. The number of amides is 1. The Bertz CT molecular complexity index is 761. The minimum atomic E-state index is 0. The van der Waals surface area contributed by atoms with Crippen molar-refractivity contribution in [3.8, 4) is 0 Å². The van der Waals surface area contributed by atoms with Crippen LogP contribution in [0.5, 0.6) is 0 Å². The molecule has 7 heteroatoms. The highest BCUT2D eigenvalue weighted by Gasteiger charge is 2.07. The van der Waals surface area contributed by atoms with E-state index in [1.165, 1.54) is 10.5 Å². The number of thioether (sulfide) groups is 1. The van der Waals surface area contributed by atoms with E-state index in [1.807, 2.05) is 31.2 Å². The van der Waals surface area contributed by atoms with E-state index in [0.29, 0.717) is 18.7 Å². The second-order valence-electron chi connectivity index (χ2n) is 6.29. The van der Waals surface area contributed by atoms with Crippen molar-refractivity contribution in [1.29, 1.82) is 0 Å². The van der Waals surface area contributed by atoms with Gasteiger partial charge in [-0.05, 0) is 48.6 Å². The van der Waals surface area contributed by atoms with Crippen LogP contribution in [0.1, 0.15) is 28.4 Å². The minimum Gasteiger partial charge on any atom is -0.357 e. The zero-order valence-electron chi connectivity index (χ0n) is 16.9. The lowest BCUT2D eigenvalue weighted by Crippen LogP contribution is -2.36. The molecule has 0 spiro atoms. The molecule has 0 saturated heterocycles. The van der Waals surface area contributed by atoms with Crippen molar-refractivity contribution in [3.63, 3.8) is 0 Å². The van der Waals surface area contributed by atoms with Crippen LogP contribution in [0.15, 0.2) is 58.4 Å². The molecule has 2 N–H and O–H groups in total. The van der Waals surface area contributed by atoms with Gasteiger partial charge in [-0.3, -0.25) is 4.79 Å². The Kier molecular flexibility index (Phi) is 11.0. The van der Waals surface area contributed by atoms with Gasteiger partial charge >= 0.3 is 0 Å². The Labute approximate surface area is 189 Å². The number of hydrogen-bond acceptors (Lipinski definition) is 3. The molecule has 0 atom stereocenters. The Balaban J connectivity index is 0.00000392. The highest BCUT2D eigenvalue weighted by molar-refractivity contribution is 14.0. The van der Waals surface area contributed by atoms with Crippen molar-refractivity contribution < 1.29 is 4.79 Å². The summed E-state index contributed by atoms with van der Waals surface area (Å²) in [5, 5.41) is 6.60. The number of carbonyl (C=O) groups excluding carboxylic acids is 1. The number of nitrogens with zero attached hydrogens (tertiary/aromatic N) is 2. The van der Waals surface area contributed by atoms with E-state index < -0.39 is 0 Å². The molecule has 0 aliphatic rings. The lowest BCUT2D eigenvalue weighted by Gasteiger charge is -2.13. The third kappa shape index (κ3) is 7.71. The predicted octanol–water partition coefficient (Wildman–Crippen LogP) is 3.98. The van der Waals surface area contributed by atoms with Crippen LogP contribution < -0.4 is 10.6 Å². The second kappa shape index (κ2) is 12.7. The number of hydrogen-bond donors (Lipinski definition) is 2. The van der Waals surface area contributed by atoms with Crippen LogP contribution >= 0.6 is 35.7 Å². The molecule has 2 aromatic carbocycles. The molecule has 0 heterocycles. The third-order valence-electron chi connectivity index (χ3n) is 3.99. The third-order valence-corrected chi connectivity index (χ3v) is 4.73. The summed E-state index contributed by atoms with van der Waals surface area (Å²) in [6.45, 7) is 4.12. The van der Waals surface area contributed by atoms with Crippen molar-refractivity contribution in [2.45, 2.75) is 24.9 Å². The molecule has 5 nitrogen and oxygen atoms in total. The molecule has 0 aliphatic heterocycles. The summed E-state index contributed by atoms with van der Waals surface area (Å²) >= 11 is 1.74. The molecule has 0 saturated carbocycles. The van der Waals surface area contributed by atoms with E-state index in [2.05, 4.69) is 46.1 Å². The van der Waals surface area contributed by atoms with Gasteiger partial charge in [0.1, 0.15) is 0 Å². The maximum absolute atomic E-state index is 11.9. The number of guanidine groups is 1. The SMILES string of the molecule is CCNC(=NCc1ccc(SC)cc1)NCc1ccc(C(=O)N(C)C)cc1.I. The first-order chi connectivity index (χ1) is 13.0. The first-order valence-electron chi connectivity index (χ1n) is 8.99. The van der Waals surface area contributed by atoms with Gasteiger partial charge in [-0.15, -0.1) is 35.7 Å². The minimum absolute atomic E-state index is 0. The zero-order chi connectivity index (χ0) is 19.6. The Morgan fingerprint density at radius 1 is 1.00 bits per heavy atom. The molecule has 0 aromatic heterocycles. The van der Waals surface area contributed by atoms with Gasteiger partial charge in [0.15, 0.2) is 5.96 Å². The predicted molar refractivity (Wildman–Crippen MR) is 130 cm³/mol. The van der Waals surface area contributed by atoms with Gasteiger partial charge in [-0.2, -0.15) is 0 Å². The Hall–Kier alpha value is -1.74. The average Bonchev–Trinajstić information content (AvgIpc) is 2.70. The lowest BCUT2D eigenvalue weighted by molar-refractivity contribution is 0.0827. The van der Waals surface area contributed by atoms with Crippen LogP contribution in [0.2, 0.25) is 0 Å². The van der Waals surface area contributed by atoms with E-state index in [9.17, 15) is 4.79 Å². The highest BCUT2D eigenvalue weighted by Crippen LogP contribution is 2.15. The smallest absolute Gasteiger partial charge is 0.253 e. The van der Waals surface area contributed by atoms with Gasteiger partial charge in [0.05, 0.1) is 6.54 Å². The summed E-state index contributed by atoms with van der Waals surface area (Å²) in [6, 6.07) is 16.1. The zero-order valence-corrected chi connectivity index (χ0v) is 20.0. The Morgan fingerprint density at radius 2 is 1.61 bits per heavy atom. The fourth-order valence-electron chi connectivity index (χ4n) is 2.45. The van der Waals surface area contributed by atoms with Crippen LogP contribution in [0.25, 0.3) is 0 Å². The summed E-state index contributed by atoms with van der Waals surface area (Å²) in [6.07, 6.45) is 2.07. The fraction of sp³-hybridized carbons (Fsp3) is 0.333. The first kappa shape index (κ1) is 24.3. The molecule has 0 aliphatic carbocycles. The molecule has 0 radical (unpaired) electrons. The maximum atomic E-state index is 11.9. The summed E-state index contributed by atoms with van der Waals surface area (Å²) in [5.74, 6) is 0.789. The van der Waals surface area contributed by atoms with Gasteiger partial charge in [0.2, 0.25) is 0 Å². The number of aliphatic imine (C=N–C) groups is 1. The molecule has 28 heavy (non-hydrogen) atoms. The monoisotopic (exact) mass is 512 g/mol. The van der Waals surface area contributed by atoms with Crippen LogP contribution in [0.4, 0.5) is 0 Å². The summed E-state index contributed by atoms with van der Waals surface area (Å²) in [4.78, 5) is 19.4. The lowest BCUT2D eigenvalue weighted by atomic mass is 10.1.